The van der Waals surface area contributed by atoms with Gasteiger partial charge in [-0.25, -0.2) is 9.59 Å². The maximum Gasteiger partial charge on any atom is 0.342 e. The lowest BCUT2D eigenvalue weighted by Crippen LogP contribution is -2.04. The van der Waals surface area contributed by atoms with E-state index in [4.69, 9.17) is 9.84 Å². The zero-order valence-corrected chi connectivity index (χ0v) is 13.4. The quantitative estimate of drug-likeness (QED) is 0.483. The number of benzene rings is 2. The lowest BCUT2D eigenvalue weighted by atomic mass is 10.2. The van der Waals surface area contributed by atoms with Crippen LogP contribution in [-0.2, 0) is 4.74 Å². The number of rotatable bonds is 6. The number of esters is 1. The van der Waals surface area contributed by atoms with E-state index in [-0.39, 0.29) is 12.2 Å². The van der Waals surface area contributed by atoms with E-state index in [2.05, 4.69) is 0 Å². The molecule has 0 aliphatic carbocycles. The Kier molecular flexibility index (Phi) is 5.54. The van der Waals surface area contributed by atoms with Gasteiger partial charge in [-0.05, 0) is 43.3 Å². The predicted octanol–water partition coefficient (Wildman–Crippen LogP) is 3.62. The highest BCUT2D eigenvalue weighted by molar-refractivity contribution is 7.99. The molecule has 0 spiro atoms. The van der Waals surface area contributed by atoms with Gasteiger partial charge in [0, 0.05) is 15.9 Å². The van der Waals surface area contributed by atoms with Crippen molar-refractivity contribution in [2.24, 2.45) is 0 Å². The summed E-state index contributed by atoms with van der Waals surface area (Å²) in [4.78, 5) is 34.1. The Morgan fingerprint density at radius 1 is 1.17 bits per heavy atom. The molecule has 0 aliphatic heterocycles. The van der Waals surface area contributed by atoms with Crippen molar-refractivity contribution in [2.75, 3.05) is 6.61 Å². The second kappa shape index (κ2) is 7.60. The molecular formula is C16H13NO6S. The summed E-state index contributed by atoms with van der Waals surface area (Å²) in [5.74, 6) is -1.78. The predicted molar refractivity (Wildman–Crippen MR) is 86.6 cm³/mol. The summed E-state index contributed by atoms with van der Waals surface area (Å²) >= 11 is 1.24. The van der Waals surface area contributed by atoms with Gasteiger partial charge in [-0.2, -0.15) is 0 Å². The zero-order chi connectivity index (χ0) is 17.7. The first-order valence-electron chi connectivity index (χ1n) is 6.89. The van der Waals surface area contributed by atoms with E-state index in [1.54, 1.807) is 31.2 Å². The standard InChI is InChI=1S/C16H13NO6S/c1-2-23-16(20)10-3-5-11(6-4-10)24-12-7-8-14(17(21)22)13(9-12)15(18)19/h3-9H,2H2,1H3,(H,18,19). The van der Waals surface area contributed by atoms with Crippen LogP contribution >= 0.6 is 11.8 Å². The third-order valence-corrected chi connectivity index (χ3v) is 3.99. The van der Waals surface area contributed by atoms with E-state index in [1.807, 2.05) is 0 Å². The molecule has 0 aliphatic rings. The molecule has 0 saturated carbocycles. The second-order valence-electron chi connectivity index (χ2n) is 4.59. The van der Waals surface area contributed by atoms with Crippen molar-refractivity contribution in [1.29, 1.82) is 0 Å². The number of carbonyl (C=O) groups excluding carboxylic acids is 1. The van der Waals surface area contributed by atoms with Gasteiger partial charge in [0.05, 0.1) is 17.1 Å². The molecule has 2 aromatic rings. The van der Waals surface area contributed by atoms with Gasteiger partial charge in [-0.3, -0.25) is 10.1 Å². The van der Waals surface area contributed by atoms with Crippen molar-refractivity contribution in [3.8, 4) is 0 Å². The van der Waals surface area contributed by atoms with Crippen LogP contribution in [-0.4, -0.2) is 28.6 Å². The van der Waals surface area contributed by atoms with E-state index in [0.717, 1.165) is 4.90 Å². The van der Waals surface area contributed by atoms with Gasteiger partial charge in [0.1, 0.15) is 5.56 Å². The van der Waals surface area contributed by atoms with Crippen molar-refractivity contribution >= 4 is 29.4 Å². The number of hydrogen-bond acceptors (Lipinski definition) is 6. The lowest BCUT2D eigenvalue weighted by Gasteiger charge is -2.05. The summed E-state index contributed by atoms with van der Waals surface area (Å²) in [5, 5.41) is 19.9. The molecule has 0 unspecified atom stereocenters. The molecule has 0 amide bonds. The minimum atomic E-state index is -1.36. The third kappa shape index (κ3) is 4.11. The minimum absolute atomic E-state index is 0.288. The van der Waals surface area contributed by atoms with E-state index < -0.39 is 22.5 Å². The van der Waals surface area contributed by atoms with Crippen molar-refractivity contribution in [2.45, 2.75) is 16.7 Å². The van der Waals surface area contributed by atoms with Crippen LogP contribution in [0.2, 0.25) is 0 Å². The lowest BCUT2D eigenvalue weighted by molar-refractivity contribution is -0.385. The largest absolute Gasteiger partial charge is 0.477 e. The first-order valence-corrected chi connectivity index (χ1v) is 7.70. The molecule has 0 saturated heterocycles. The molecule has 124 valence electrons. The second-order valence-corrected chi connectivity index (χ2v) is 5.74. The summed E-state index contributed by atoms with van der Waals surface area (Å²) in [7, 11) is 0. The number of carboxylic acid groups (broad SMARTS) is 1. The minimum Gasteiger partial charge on any atom is -0.477 e. The molecule has 24 heavy (non-hydrogen) atoms. The van der Waals surface area contributed by atoms with Crippen molar-refractivity contribution < 1.29 is 24.4 Å². The maximum atomic E-state index is 11.6. The van der Waals surface area contributed by atoms with Crippen LogP contribution in [0.5, 0.6) is 0 Å². The van der Waals surface area contributed by atoms with E-state index in [1.165, 1.54) is 30.0 Å². The van der Waals surface area contributed by atoms with Gasteiger partial charge < -0.3 is 9.84 Å². The van der Waals surface area contributed by atoms with Gasteiger partial charge in [-0.1, -0.05) is 11.8 Å². The molecule has 0 aromatic heterocycles. The number of nitro groups is 1. The Balaban J connectivity index is 2.22. The average Bonchev–Trinajstić information content (AvgIpc) is 2.55. The molecule has 1 N–H and O–H groups in total. The van der Waals surface area contributed by atoms with Crippen LogP contribution in [0.4, 0.5) is 5.69 Å². The van der Waals surface area contributed by atoms with Crippen LogP contribution in [0, 0.1) is 10.1 Å². The highest BCUT2D eigenvalue weighted by Crippen LogP contribution is 2.31. The molecule has 0 radical (unpaired) electrons. The normalized spacial score (nSPS) is 10.2. The Bertz CT molecular complexity index is 788. The number of hydrogen-bond donors (Lipinski definition) is 1. The molecular weight excluding hydrogens is 334 g/mol. The van der Waals surface area contributed by atoms with E-state index in [0.29, 0.717) is 10.5 Å². The monoisotopic (exact) mass is 347 g/mol. The number of aromatic carboxylic acids is 1. The van der Waals surface area contributed by atoms with Gasteiger partial charge in [0.25, 0.3) is 5.69 Å². The SMILES string of the molecule is CCOC(=O)c1ccc(Sc2ccc([N+](=O)[O-])c(C(=O)O)c2)cc1. The molecule has 0 heterocycles. The van der Waals surface area contributed by atoms with Crippen molar-refractivity contribution in [1.82, 2.24) is 0 Å². The molecule has 0 bridgehead atoms. The van der Waals surface area contributed by atoms with Gasteiger partial charge >= 0.3 is 11.9 Å². The number of nitrogens with zero attached hydrogens (tertiary/aromatic N) is 1. The summed E-state index contributed by atoms with van der Waals surface area (Å²) in [6.07, 6.45) is 0. The first-order chi connectivity index (χ1) is 11.4. The topological polar surface area (TPSA) is 107 Å². The molecule has 2 aromatic carbocycles. The molecule has 7 nitrogen and oxygen atoms in total. The summed E-state index contributed by atoms with van der Waals surface area (Å²) < 4.78 is 4.89. The first kappa shape index (κ1) is 17.5. The Hall–Kier alpha value is -2.87. The van der Waals surface area contributed by atoms with Crippen LogP contribution in [0.1, 0.15) is 27.6 Å². The Morgan fingerprint density at radius 2 is 1.79 bits per heavy atom. The van der Waals surface area contributed by atoms with Gasteiger partial charge in [0.2, 0.25) is 0 Å². The fraction of sp³-hybridized carbons (Fsp3) is 0.125. The highest BCUT2D eigenvalue weighted by Gasteiger charge is 2.20. The third-order valence-electron chi connectivity index (χ3n) is 3.00. The Morgan fingerprint density at radius 3 is 2.33 bits per heavy atom. The van der Waals surface area contributed by atoms with Crippen LogP contribution in [0.15, 0.2) is 52.3 Å². The average molecular weight is 347 g/mol. The summed E-state index contributed by atoms with van der Waals surface area (Å²) in [6, 6.07) is 10.5. The van der Waals surface area contributed by atoms with Crippen LogP contribution < -0.4 is 0 Å². The Labute approximate surface area is 141 Å². The van der Waals surface area contributed by atoms with Crippen molar-refractivity contribution in [3.05, 3.63) is 63.7 Å². The highest BCUT2D eigenvalue weighted by atomic mass is 32.2. The van der Waals surface area contributed by atoms with Crippen LogP contribution in [0.25, 0.3) is 0 Å². The molecule has 0 atom stereocenters. The van der Waals surface area contributed by atoms with E-state index >= 15 is 0 Å². The number of ether oxygens (including phenoxy) is 1. The number of carboxylic acids is 1. The fourth-order valence-corrected chi connectivity index (χ4v) is 2.78. The zero-order valence-electron chi connectivity index (χ0n) is 12.6. The fourth-order valence-electron chi connectivity index (χ4n) is 1.92. The number of nitro benzene ring substituents is 1. The van der Waals surface area contributed by atoms with Crippen LogP contribution in [0.3, 0.4) is 0 Å². The molecule has 8 heteroatoms. The summed E-state index contributed by atoms with van der Waals surface area (Å²) in [5.41, 5.74) is -0.409. The smallest absolute Gasteiger partial charge is 0.342 e. The number of carbonyl (C=O) groups is 2. The summed E-state index contributed by atoms with van der Waals surface area (Å²) in [6.45, 7) is 2.01. The van der Waals surface area contributed by atoms with Gasteiger partial charge in [0.15, 0.2) is 0 Å². The maximum absolute atomic E-state index is 11.6. The van der Waals surface area contributed by atoms with Gasteiger partial charge in [-0.15, -0.1) is 0 Å². The molecule has 2 rings (SSSR count). The van der Waals surface area contributed by atoms with E-state index in [9.17, 15) is 19.7 Å². The molecule has 0 fully saturated rings. The van der Waals surface area contributed by atoms with Crippen molar-refractivity contribution in [3.63, 3.8) is 0 Å².